The molecule has 0 radical (unpaired) electrons. The number of benzene rings is 2. The van der Waals surface area contributed by atoms with Crippen LogP contribution < -0.4 is 5.56 Å². The highest BCUT2D eigenvalue weighted by Gasteiger charge is 2.20. The number of aromatic amines is 1. The zero-order chi connectivity index (χ0) is 20.7. The van der Waals surface area contributed by atoms with Gasteiger partial charge in [-0.1, -0.05) is 24.3 Å². The number of carbonyl (C=O) groups excluding carboxylic acids is 1. The molecule has 0 spiro atoms. The van der Waals surface area contributed by atoms with Crippen LogP contribution in [-0.4, -0.2) is 33.4 Å². The quantitative estimate of drug-likeness (QED) is 0.506. The summed E-state index contributed by atoms with van der Waals surface area (Å²) in [5.41, 5.74) is 5.00. The second-order valence-electron chi connectivity index (χ2n) is 7.59. The van der Waals surface area contributed by atoms with Gasteiger partial charge in [0.1, 0.15) is 0 Å². The Morgan fingerprint density at radius 1 is 1.14 bits per heavy atom. The number of hydrogen-bond acceptors (Lipinski definition) is 3. The van der Waals surface area contributed by atoms with E-state index in [9.17, 15) is 9.59 Å². The minimum atomic E-state index is -0.189. The van der Waals surface area contributed by atoms with Crippen molar-refractivity contribution < 1.29 is 4.79 Å². The second-order valence-corrected chi connectivity index (χ2v) is 7.98. The molecule has 1 aliphatic rings. The average molecular weight is 406 g/mol. The lowest BCUT2D eigenvalue weighted by atomic mass is 10.0. The van der Waals surface area contributed by atoms with Crippen molar-refractivity contribution in [2.45, 2.75) is 26.7 Å². The maximum atomic E-state index is 13.2. The summed E-state index contributed by atoms with van der Waals surface area (Å²) < 4.78 is 1.84. The number of likely N-dealkylation sites (tertiary alicyclic amines) is 1. The summed E-state index contributed by atoms with van der Waals surface area (Å²) in [5, 5.41) is 0.503. The van der Waals surface area contributed by atoms with Crippen LogP contribution in [0.15, 0.2) is 53.3 Å². The predicted molar refractivity (Wildman–Crippen MR) is 118 cm³/mol. The zero-order valence-corrected chi connectivity index (χ0v) is 17.4. The molecule has 1 amide bonds. The van der Waals surface area contributed by atoms with Gasteiger partial charge in [-0.15, -0.1) is 0 Å². The molecule has 2 aromatic carbocycles. The Morgan fingerprint density at radius 3 is 2.59 bits per heavy atom. The van der Waals surface area contributed by atoms with Crippen LogP contribution in [0, 0.1) is 18.6 Å². The van der Waals surface area contributed by atoms with E-state index in [0.717, 1.165) is 29.7 Å². The fourth-order valence-electron chi connectivity index (χ4n) is 3.76. The number of amides is 1. The highest BCUT2D eigenvalue weighted by molar-refractivity contribution is 7.71. The summed E-state index contributed by atoms with van der Waals surface area (Å²) in [4.78, 5) is 31.0. The topological polar surface area (TPSA) is 58.1 Å². The van der Waals surface area contributed by atoms with Crippen LogP contribution in [0.4, 0.5) is 0 Å². The van der Waals surface area contributed by atoms with Gasteiger partial charge >= 0.3 is 0 Å². The van der Waals surface area contributed by atoms with E-state index in [1.165, 1.54) is 10.1 Å². The summed E-state index contributed by atoms with van der Waals surface area (Å²) in [6.07, 6.45) is 1.67. The highest BCUT2D eigenvalue weighted by Crippen LogP contribution is 2.20. The first-order valence-electron chi connectivity index (χ1n) is 9.68. The maximum absolute atomic E-state index is 13.2. The van der Waals surface area contributed by atoms with E-state index in [1.807, 2.05) is 36.9 Å². The van der Waals surface area contributed by atoms with Crippen LogP contribution in [0.25, 0.3) is 16.6 Å². The molecule has 1 aromatic heterocycles. The summed E-state index contributed by atoms with van der Waals surface area (Å²) in [5.74, 6) is -0.0302. The lowest BCUT2D eigenvalue weighted by molar-refractivity contribution is 0.0744. The number of H-pyrrole nitrogens is 1. The fraction of sp³-hybridized carbons (Fsp3) is 0.261. The number of nitrogens with zero attached hydrogens (tertiary/aromatic N) is 2. The molecule has 3 aromatic rings. The summed E-state index contributed by atoms with van der Waals surface area (Å²) in [6.45, 7) is 9.34. The van der Waals surface area contributed by atoms with Crippen molar-refractivity contribution >= 4 is 29.0 Å². The minimum Gasteiger partial charge on any atom is -0.338 e. The first-order chi connectivity index (χ1) is 13.9. The number of hydrogen-bond donors (Lipinski definition) is 1. The van der Waals surface area contributed by atoms with Crippen LogP contribution >= 0.6 is 12.2 Å². The van der Waals surface area contributed by atoms with Crippen LogP contribution in [0.5, 0.6) is 0 Å². The van der Waals surface area contributed by atoms with Crippen molar-refractivity contribution in [2.24, 2.45) is 0 Å². The molecule has 1 N–H and O–H groups in total. The largest absolute Gasteiger partial charge is 0.338 e. The molecule has 6 heteroatoms. The first-order valence-corrected chi connectivity index (χ1v) is 10.1. The molecule has 4 rings (SSSR count). The van der Waals surface area contributed by atoms with E-state index in [1.54, 1.807) is 18.2 Å². The van der Waals surface area contributed by atoms with E-state index in [4.69, 9.17) is 12.2 Å². The summed E-state index contributed by atoms with van der Waals surface area (Å²) in [7, 11) is 0. The fourth-order valence-corrected chi connectivity index (χ4v) is 4.05. The van der Waals surface area contributed by atoms with Crippen molar-refractivity contribution in [3.05, 3.63) is 80.4 Å². The van der Waals surface area contributed by atoms with E-state index >= 15 is 0 Å². The smallest absolute Gasteiger partial charge is 0.266 e. The van der Waals surface area contributed by atoms with Crippen molar-refractivity contribution in [3.8, 4) is 5.69 Å². The van der Waals surface area contributed by atoms with Gasteiger partial charge in [-0.05, 0) is 74.3 Å². The van der Waals surface area contributed by atoms with E-state index in [2.05, 4.69) is 11.6 Å². The van der Waals surface area contributed by atoms with Gasteiger partial charge in [0.2, 0.25) is 0 Å². The number of carbonyl (C=O) groups is 1. The lowest BCUT2D eigenvalue weighted by Gasteiger charge is -2.28. The van der Waals surface area contributed by atoms with Crippen LogP contribution in [0.1, 0.15) is 34.3 Å². The lowest BCUT2D eigenvalue weighted by Crippen LogP contribution is -2.36. The molecule has 1 fully saturated rings. The molecule has 5 nitrogen and oxygen atoms in total. The van der Waals surface area contributed by atoms with Crippen molar-refractivity contribution in [1.82, 2.24) is 14.5 Å². The van der Waals surface area contributed by atoms with Crippen molar-refractivity contribution in [3.63, 3.8) is 0 Å². The molecule has 148 valence electrons. The van der Waals surface area contributed by atoms with E-state index in [-0.39, 0.29) is 11.5 Å². The Morgan fingerprint density at radius 2 is 1.86 bits per heavy atom. The first kappa shape index (κ1) is 19.3. The number of aryl methyl sites for hydroxylation is 1. The molecular weight excluding hydrogens is 382 g/mol. The number of nitrogens with one attached hydrogen (secondary N) is 1. The number of piperidine rings is 1. The van der Waals surface area contributed by atoms with Crippen LogP contribution in [0.3, 0.4) is 0 Å². The monoisotopic (exact) mass is 405 g/mol. The average Bonchev–Trinajstić information content (AvgIpc) is 2.70. The van der Waals surface area contributed by atoms with E-state index < -0.39 is 0 Å². The summed E-state index contributed by atoms with van der Waals surface area (Å²) in [6, 6.07) is 11.0. The minimum absolute atomic E-state index is 0.0302. The van der Waals surface area contributed by atoms with Gasteiger partial charge in [0.15, 0.2) is 4.77 Å². The molecule has 0 unspecified atom stereocenters. The predicted octanol–water partition coefficient (Wildman–Crippen LogP) is 4.46. The second kappa shape index (κ2) is 7.44. The maximum Gasteiger partial charge on any atom is 0.266 e. The molecule has 2 heterocycles. The Labute approximate surface area is 174 Å². The van der Waals surface area contributed by atoms with Crippen LogP contribution in [0.2, 0.25) is 0 Å². The molecule has 0 atom stereocenters. The van der Waals surface area contributed by atoms with Gasteiger partial charge in [0.05, 0.1) is 16.6 Å². The van der Waals surface area contributed by atoms with Crippen molar-refractivity contribution in [1.29, 1.82) is 0 Å². The Bertz CT molecular complexity index is 1260. The van der Waals surface area contributed by atoms with Gasteiger partial charge in [0.25, 0.3) is 11.5 Å². The number of rotatable bonds is 2. The highest BCUT2D eigenvalue weighted by atomic mass is 32.1. The Hall–Kier alpha value is -2.99. The number of fused-ring (bicyclic) bond motifs is 1. The van der Waals surface area contributed by atoms with Gasteiger partial charge < -0.3 is 9.88 Å². The number of aromatic nitrogens is 2. The molecular formula is C23H23N3O2S. The van der Waals surface area contributed by atoms with Crippen LogP contribution in [-0.2, 0) is 0 Å². The van der Waals surface area contributed by atoms with Gasteiger partial charge in [-0.2, -0.15) is 0 Å². The van der Waals surface area contributed by atoms with Gasteiger partial charge in [-0.25, -0.2) is 0 Å². The Balaban J connectivity index is 1.79. The van der Waals surface area contributed by atoms with Gasteiger partial charge in [-0.3, -0.25) is 14.2 Å². The molecule has 29 heavy (non-hydrogen) atoms. The normalized spacial score (nSPS) is 14.4. The molecule has 0 bridgehead atoms. The van der Waals surface area contributed by atoms with Crippen molar-refractivity contribution in [2.75, 3.05) is 13.1 Å². The molecule has 0 saturated carbocycles. The summed E-state index contributed by atoms with van der Waals surface area (Å²) >= 11 is 5.50. The third-order valence-electron chi connectivity index (χ3n) is 5.72. The third kappa shape index (κ3) is 3.44. The molecule has 0 aliphatic carbocycles. The van der Waals surface area contributed by atoms with Gasteiger partial charge in [0, 0.05) is 18.7 Å². The standard InChI is InChI=1S/C23H23N3O2S/c1-14-9-11-25(12-10-14)21(27)17-7-8-18-19(13-17)24-23(29)26(22(18)28)20-6-4-5-15(2)16(20)3/h4-8,13H,1,9-12H2,2-3H3,(H,24,29). The zero-order valence-electron chi connectivity index (χ0n) is 16.6. The SMILES string of the molecule is C=C1CCN(C(=O)c2ccc3c(=O)n(-c4cccc(C)c4C)c(=S)[nH]c3c2)CC1. The third-order valence-corrected chi connectivity index (χ3v) is 6.00. The molecule has 1 saturated heterocycles. The van der Waals surface area contributed by atoms with E-state index in [0.29, 0.717) is 34.3 Å². The Kier molecular flexibility index (Phi) is 4.96. The molecule has 1 aliphatic heterocycles.